The molecule has 0 unspecified atom stereocenters. The number of allylic oxidation sites excluding steroid dienone is 2. The van der Waals surface area contributed by atoms with E-state index in [1.165, 1.54) is 11.1 Å². The number of aromatic nitrogens is 1. The highest BCUT2D eigenvalue weighted by Crippen LogP contribution is 2.20. The van der Waals surface area contributed by atoms with E-state index in [9.17, 15) is 0 Å². The average Bonchev–Trinajstić information content (AvgIpc) is 2.39. The van der Waals surface area contributed by atoms with Gasteiger partial charge in [-0.3, -0.25) is 4.98 Å². The summed E-state index contributed by atoms with van der Waals surface area (Å²) in [4.78, 5) is 4.33. The molecular weight excluding hydrogens is 194 g/mol. The lowest BCUT2D eigenvalue weighted by Crippen LogP contribution is -1.83. The molecule has 0 saturated carbocycles. The second-order valence-corrected chi connectivity index (χ2v) is 3.76. The Kier molecular flexibility index (Phi) is 3.16. The first kappa shape index (κ1) is 10.6. The number of benzene rings is 1. The maximum Gasteiger partial charge on any atom is 0.0701 e. The molecule has 0 fully saturated rings. The number of hydrogen-bond donors (Lipinski definition) is 0. The van der Waals surface area contributed by atoms with E-state index < -0.39 is 0 Å². The van der Waals surface area contributed by atoms with Gasteiger partial charge in [-0.1, -0.05) is 36.4 Å². The third kappa shape index (κ3) is 2.19. The Hall–Kier alpha value is -1.89. The first-order valence-electron chi connectivity index (χ1n) is 5.46. The molecular formula is C15H15N. The van der Waals surface area contributed by atoms with Gasteiger partial charge in [-0.25, -0.2) is 0 Å². The van der Waals surface area contributed by atoms with Gasteiger partial charge in [-0.2, -0.15) is 0 Å². The molecule has 0 aliphatic carbocycles. The maximum atomic E-state index is 4.33. The fraction of sp³-hybridized carbons (Fsp3) is 0.133. The largest absolute Gasteiger partial charge is 0.256 e. The molecule has 1 aromatic carbocycles. The van der Waals surface area contributed by atoms with Crippen LogP contribution in [0.2, 0.25) is 0 Å². The highest BCUT2D eigenvalue weighted by Gasteiger charge is 1.98. The fourth-order valence-electron chi connectivity index (χ4n) is 1.60. The monoisotopic (exact) mass is 209 g/mol. The first-order chi connectivity index (χ1) is 7.81. The minimum Gasteiger partial charge on any atom is -0.256 e. The second-order valence-electron chi connectivity index (χ2n) is 3.76. The Morgan fingerprint density at radius 2 is 1.81 bits per heavy atom. The highest BCUT2D eigenvalue weighted by atomic mass is 14.7. The molecule has 0 amide bonds. The van der Waals surface area contributed by atoms with Crippen LogP contribution in [0.5, 0.6) is 0 Å². The van der Waals surface area contributed by atoms with Crippen molar-refractivity contribution in [3.63, 3.8) is 0 Å². The molecule has 2 aromatic rings. The van der Waals surface area contributed by atoms with E-state index in [0.29, 0.717) is 0 Å². The lowest BCUT2D eigenvalue weighted by atomic mass is 10.0. The smallest absolute Gasteiger partial charge is 0.0701 e. The van der Waals surface area contributed by atoms with Crippen molar-refractivity contribution < 1.29 is 0 Å². The van der Waals surface area contributed by atoms with Gasteiger partial charge in [0.05, 0.1) is 5.69 Å². The predicted molar refractivity (Wildman–Crippen MR) is 69.0 cm³/mol. The molecule has 0 bridgehead atoms. The zero-order valence-electron chi connectivity index (χ0n) is 9.64. The zero-order chi connectivity index (χ0) is 11.4. The Morgan fingerprint density at radius 1 is 1.06 bits per heavy atom. The minimum absolute atomic E-state index is 1.02. The number of hydrogen-bond acceptors (Lipinski definition) is 1. The van der Waals surface area contributed by atoms with E-state index in [-0.39, 0.29) is 0 Å². The molecule has 0 aliphatic rings. The standard InChI is InChI=1S/C15H15N/c1-3-12(2)13-7-9-14(10-8-13)15-6-4-5-11-16-15/h3-11H,1-2H3. The summed E-state index contributed by atoms with van der Waals surface area (Å²) in [5.41, 5.74) is 4.75. The van der Waals surface area contributed by atoms with Gasteiger partial charge in [0, 0.05) is 11.8 Å². The number of rotatable bonds is 2. The van der Waals surface area contributed by atoms with E-state index in [2.05, 4.69) is 49.2 Å². The van der Waals surface area contributed by atoms with E-state index in [1.54, 1.807) is 0 Å². The van der Waals surface area contributed by atoms with E-state index in [0.717, 1.165) is 11.3 Å². The molecule has 1 aromatic heterocycles. The van der Waals surface area contributed by atoms with Crippen LogP contribution in [0.25, 0.3) is 16.8 Å². The summed E-state index contributed by atoms with van der Waals surface area (Å²) >= 11 is 0. The summed E-state index contributed by atoms with van der Waals surface area (Å²) < 4.78 is 0. The Morgan fingerprint density at radius 3 is 2.38 bits per heavy atom. The van der Waals surface area contributed by atoms with Crippen LogP contribution in [0.4, 0.5) is 0 Å². The molecule has 0 saturated heterocycles. The Labute approximate surface area is 96.5 Å². The predicted octanol–water partition coefficient (Wildman–Crippen LogP) is 4.17. The molecule has 2 rings (SSSR count). The van der Waals surface area contributed by atoms with Crippen LogP contribution in [0.3, 0.4) is 0 Å². The van der Waals surface area contributed by atoms with Crippen molar-refractivity contribution in [1.82, 2.24) is 4.98 Å². The van der Waals surface area contributed by atoms with Crippen LogP contribution in [-0.4, -0.2) is 4.98 Å². The van der Waals surface area contributed by atoms with Crippen molar-refractivity contribution in [3.8, 4) is 11.3 Å². The van der Waals surface area contributed by atoms with Crippen molar-refractivity contribution in [3.05, 3.63) is 60.3 Å². The third-order valence-electron chi connectivity index (χ3n) is 2.73. The molecule has 0 atom stereocenters. The second kappa shape index (κ2) is 4.75. The highest BCUT2D eigenvalue weighted by molar-refractivity contribution is 5.67. The molecule has 1 heterocycles. The van der Waals surface area contributed by atoms with E-state index in [1.807, 2.05) is 24.4 Å². The number of nitrogens with zero attached hydrogens (tertiary/aromatic N) is 1. The van der Waals surface area contributed by atoms with Gasteiger partial charge < -0.3 is 0 Å². The van der Waals surface area contributed by atoms with Gasteiger partial charge in [0.25, 0.3) is 0 Å². The fourth-order valence-corrected chi connectivity index (χ4v) is 1.60. The molecule has 16 heavy (non-hydrogen) atoms. The van der Waals surface area contributed by atoms with Crippen molar-refractivity contribution >= 4 is 5.57 Å². The van der Waals surface area contributed by atoms with Gasteiger partial charge in [-0.05, 0) is 37.1 Å². The summed E-state index contributed by atoms with van der Waals surface area (Å²) in [5, 5.41) is 0. The molecule has 0 spiro atoms. The maximum absolute atomic E-state index is 4.33. The van der Waals surface area contributed by atoms with E-state index >= 15 is 0 Å². The zero-order valence-corrected chi connectivity index (χ0v) is 9.64. The average molecular weight is 209 g/mol. The van der Waals surface area contributed by atoms with Crippen LogP contribution in [0.15, 0.2) is 54.7 Å². The van der Waals surface area contributed by atoms with Crippen LogP contribution >= 0.6 is 0 Å². The first-order valence-corrected chi connectivity index (χ1v) is 5.46. The SMILES string of the molecule is CC=C(C)c1ccc(-c2ccccn2)cc1. The van der Waals surface area contributed by atoms with Crippen LogP contribution in [0, 0.1) is 0 Å². The lowest BCUT2D eigenvalue weighted by molar-refractivity contribution is 1.32. The summed E-state index contributed by atoms with van der Waals surface area (Å²) in [6, 6.07) is 14.5. The van der Waals surface area contributed by atoms with Crippen LogP contribution in [0.1, 0.15) is 19.4 Å². The molecule has 1 nitrogen and oxygen atoms in total. The summed E-state index contributed by atoms with van der Waals surface area (Å²) in [7, 11) is 0. The molecule has 80 valence electrons. The Balaban J connectivity index is 2.34. The van der Waals surface area contributed by atoms with Gasteiger partial charge in [0.15, 0.2) is 0 Å². The van der Waals surface area contributed by atoms with Crippen molar-refractivity contribution in [2.75, 3.05) is 0 Å². The number of pyridine rings is 1. The Bertz CT molecular complexity index is 481. The summed E-state index contributed by atoms with van der Waals surface area (Å²) in [5.74, 6) is 0. The van der Waals surface area contributed by atoms with Crippen molar-refractivity contribution in [2.45, 2.75) is 13.8 Å². The van der Waals surface area contributed by atoms with Gasteiger partial charge in [-0.15, -0.1) is 0 Å². The quantitative estimate of drug-likeness (QED) is 0.723. The molecule has 0 radical (unpaired) electrons. The molecule has 0 aliphatic heterocycles. The summed E-state index contributed by atoms with van der Waals surface area (Å²) in [6.45, 7) is 4.18. The third-order valence-corrected chi connectivity index (χ3v) is 2.73. The van der Waals surface area contributed by atoms with Crippen molar-refractivity contribution in [1.29, 1.82) is 0 Å². The lowest BCUT2D eigenvalue weighted by Gasteiger charge is -2.03. The summed E-state index contributed by atoms with van der Waals surface area (Å²) in [6.07, 6.45) is 3.94. The van der Waals surface area contributed by atoms with E-state index in [4.69, 9.17) is 0 Å². The van der Waals surface area contributed by atoms with Gasteiger partial charge in [0.2, 0.25) is 0 Å². The van der Waals surface area contributed by atoms with Gasteiger partial charge in [0.1, 0.15) is 0 Å². The minimum atomic E-state index is 1.02. The molecule has 0 N–H and O–H groups in total. The molecule has 1 heteroatoms. The van der Waals surface area contributed by atoms with Crippen molar-refractivity contribution in [2.24, 2.45) is 0 Å². The van der Waals surface area contributed by atoms with Crippen LogP contribution in [-0.2, 0) is 0 Å². The van der Waals surface area contributed by atoms with Gasteiger partial charge >= 0.3 is 0 Å². The van der Waals surface area contributed by atoms with Crippen LogP contribution < -0.4 is 0 Å². The topological polar surface area (TPSA) is 12.9 Å². The normalized spacial score (nSPS) is 11.5.